The van der Waals surface area contributed by atoms with E-state index in [1.165, 1.54) is 6.07 Å². The van der Waals surface area contributed by atoms with E-state index in [4.69, 9.17) is 0 Å². The van der Waals surface area contributed by atoms with E-state index in [2.05, 4.69) is 0 Å². The van der Waals surface area contributed by atoms with Gasteiger partial charge in [0, 0.05) is 37.3 Å². The summed E-state index contributed by atoms with van der Waals surface area (Å²) in [6.45, 7) is 0.827. The van der Waals surface area contributed by atoms with Crippen molar-refractivity contribution >= 4 is 17.5 Å². The van der Waals surface area contributed by atoms with E-state index in [9.17, 15) is 18.4 Å². The first-order chi connectivity index (χ1) is 12.5. The monoisotopic (exact) mass is 358 g/mol. The zero-order valence-corrected chi connectivity index (χ0v) is 14.5. The van der Waals surface area contributed by atoms with Crippen LogP contribution in [0.2, 0.25) is 0 Å². The van der Waals surface area contributed by atoms with Gasteiger partial charge in [-0.1, -0.05) is 18.2 Å². The van der Waals surface area contributed by atoms with Crippen LogP contribution in [0.1, 0.15) is 23.2 Å². The lowest BCUT2D eigenvalue weighted by Gasteiger charge is -2.33. The van der Waals surface area contributed by atoms with Crippen LogP contribution in [0.25, 0.3) is 0 Å². The van der Waals surface area contributed by atoms with Gasteiger partial charge in [0.2, 0.25) is 5.91 Å². The molecule has 1 aliphatic heterocycles. The molecule has 0 N–H and O–H groups in total. The Morgan fingerprint density at radius 1 is 1.00 bits per heavy atom. The summed E-state index contributed by atoms with van der Waals surface area (Å²) < 4.78 is 26.3. The Morgan fingerprint density at radius 3 is 2.27 bits per heavy atom. The highest BCUT2D eigenvalue weighted by Crippen LogP contribution is 2.23. The Labute approximate surface area is 151 Å². The zero-order valence-electron chi connectivity index (χ0n) is 14.5. The van der Waals surface area contributed by atoms with Gasteiger partial charge in [0.25, 0.3) is 5.91 Å². The highest BCUT2D eigenvalue weighted by Gasteiger charge is 2.30. The van der Waals surface area contributed by atoms with Gasteiger partial charge in [-0.3, -0.25) is 9.59 Å². The Balaban J connectivity index is 1.61. The van der Waals surface area contributed by atoms with Crippen LogP contribution in [0.15, 0.2) is 48.5 Å². The van der Waals surface area contributed by atoms with Gasteiger partial charge < -0.3 is 9.80 Å². The molecular formula is C20H20F2N2O2. The fraction of sp³-hybridized carbons (Fsp3) is 0.300. The molecule has 2 aromatic rings. The second-order valence-electron chi connectivity index (χ2n) is 6.43. The molecule has 0 saturated carbocycles. The molecule has 4 nitrogen and oxygen atoms in total. The van der Waals surface area contributed by atoms with Crippen LogP contribution in [0.4, 0.5) is 14.5 Å². The predicted molar refractivity (Wildman–Crippen MR) is 94.8 cm³/mol. The molecule has 0 unspecified atom stereocenters. The van der Waals surface area contributed by atoms with Gasteiger partial charge >= 0.3 is 0 Å². The minimum atomic E-state index is -1.04. The quantitative estimate of drug-likeness (QED) is 0.843. The summed E-state index contributed by atoms with van der Waals surface area (Å²) in [6, 6.07) is 12.5. The van der Waals surface area contributed by atoms with Crippen molar-refractivity contribution < 1.29 is 18.4 Å². The molecular weight excluding hydrogens is 338 g/mol. The average molecular weight is 358 g/mol. The van der Waals surface area contributed by atoms with E-state index < -0.39 is 11.6 Å². The van der Waals surface area contributed by atoms with Gasteiger partial charge in [-0.15, -0.1) is 0 Å². The van der Waals surface area contributed by atoms with E-state index in [-0.39, 0.29) is 23.3 Å². The number of anilines is 1. The number of nitrogens with zero attached hydrogens (tertiary/aromatic N) is 2. The topological polar surface area (TPSA) is 40.6 Å². The molecule has 26 heavy (non-hydrogen) atoms. The summed E-state index contributed by atoms with van der Waals surface area (Å²) in [4.78, 5) is 28.3. The Morgan fingerprint density at radius 2 is 1.65 bits per heavy atom. The maximum atomic E-state index is 13.3. The maximum Gasteiger partial charge on any atom is 0.253 e. The van der Waals surface area contributed by atoms with Crippen molar-refractivity contribution in [1.82, 2.24) is 4.90 Å². The van der Waals surface area contributed by atoms with Crippen molar-refractivity contribution in [3.63, 3.8) is 0 Å². The Hall–Kier alpha value is -2.76. The van der Waals surface area contributed by atoms with Crippen LogP contribution < -0.4 is 4.90 Å². The van der Waals surface area contributed by atoms with Crippen molar-refractivity contribution in [3.8, 4) is 0 Å². The number of hydrogen-bond acceptors (Lipinski definition) is 2. The molecule has 6 heteroatoms. The summed E-state index contributed by atoms with van der Waals surface area (Å²) in [5.74, 6) is -2.49. The van der Waals surface area contributed by atoms with Crippen LogP contribution in [-0.4, -0.2) is 36.9 Å². The standard InChI is InChI=1S/C20H20F2N2O2/c1-23(16-5-3-2-4-6-16)19(25)14-9-11-24(12-10-14)20(26)15-7-8-17(21)18(22)13-15/h2-8,13-14H,9-12H2,1H3. The molecule has 1 heterocycles. The van der Waals surface area contributed by atoms with Crippen LogP contribution in [0.3, 0.4) is 0 Å². The molecule has 2 amide bonds. The third-order valence-corrected chi connectivity index (χ3v) is 4.77. The molecule has 1 fully saturated rings. The molecule has 0 aromatic heterocycles. The number of hydrogen-bond donors (Lipinski definition) is 0. The normalized spacial score (nSPS) is 15.0. The lowest BCUT2D eigenvalue weighted by atomic mass is 9.94. The predicted octanol–water partition coefficient (Wildman–Crippen LogP) is 3.48. The lowest BCUT2D eigenvalue weighted by Crippen LogP contribution is -2.43. The molecule has 3 rings (SSSR count). The number of amides is 2. The number of carbonyl (C=O) groups is 2. The molecule has 0 spiro atoms. The number of rotatable bonds is 3. The molecule has 0 aliphatic carbocycles. The van der Waals surface area contributed by atoms with Gasteiger partial charge in [0.15, 0.2) is 11.6 Å². The molecule has 1 saturated heterocycles. The number of likely N-dealkylation sites (tertiary alicyclic amines) is 1. The largest absolute Gasteiger partial charge is 0.339 e. The van der Waals surface area contributed by atoms with Gasteiger partial charge in [0.1, 0.15) is 0 Å². The Bertz CT molecular complexity index is 803. The van der Waals surface area contributed by atoms with Gasteiger partial charge in [0.05, 0.1) is 0 Å². The van der Waals surface area contributed by atoms with E-state index in [1.54, 1.807) is 16.8 Å². The van der Waals surface area contributed by atoms with Gasteiger partial charge in [-0.2, -0.15) is 0 Å². The Kier molecular flexibility index (Phi) is 5.30. The number of para-hydroxylation sites is 1. The smallest absolute Gasteiger partial charge is 0.253 e. The third-order valence-electron chi connectivity index (χ3n) is 4.77. The molecule has 0 radical (unpaired) electrons. The van der Waals surface area contributed by atoms with E-state index in [1.807, 2.05) is 30.3 Å². The maximum absolute atomic E-state index is 13.3. The zero-order chi connectivity index (χ0) is 18.7. The molecule has 0 atom stereocenters. The molecule has 136 valence electrons. The van der Waals surface area contributed by atoms with Crippen LogP contribution >= 0.6 is 0 Å². The molecule has 2 aromatic carbocycles. The van der Waals surface area contributed by atoms with Crippen LogP contribution in [0.5, 0.6) is 0 Å². The van der Waals surface area contributed by atoms with Gasteiger partial charge in [-0.25, -0.2) is 8.78 Å². The average Bonchev–Trinajstić information content (AvgIpc) is 2.69. The SMILES string of the molecule is CN(C(=O)C1CCN(C(=O)c2ccc(F)c(F)c2)CC1)c1ccccc1. The number of halogens is 2. The summed E-state index contributed by atoms with van der Waals surface area (Å²) in [5, 5.41) is 0. The van der Waals surface area contributed by atoms with Gasteiger partial charge in [-0.05, 0) is 43.2 Å². The highest BCUT2D eigenvalue weighted by molar-refractivity contribution is 5.96. The summed E-state index contributed by atoms with van der Waals surface area (Å²) in [6.07, 6.45) is 1.09. The van der Waals surface area contributed by atoms with Crippen LogP contribution in [-0.2, 0) is 4.79 Å². The minimum Gasteiger partial charge on any atom is -0.339 e. The number of piperidine rings is 1. The number of benzene rings is 2. The third kappa shape index (κ3) is 3.74. The van der Waals surface area contributed by atoms with Crippen molar-refractivity contribution in [2.75, 3.05) is 25.0 Å². The van der Waals surface area contributed by atoms with E-state index in [0.29, 0.717) is 25.9 Å². The van der Waals surface area contributed by atoms with Crippen molar-refractivity contribution in [1.29, 1.82) is 0 Å². The first-order valence-electron chi connectivity index (χ1n) is 8.54. The fourth-order valence-electron chi connectivity index (χ4n) is 3.19. The van der Waals surface area contributed by atoms with Crippen LogP contribution in [0, 0.1) is 17.6 Å². The second-order valence-corrected chi connectivity index (χ2v) is 6.43. The van der Waals surface area contributed by atoms with E-state index in [0.717, 1.165) is 17.8 Å². The summed E-state index contributed by atoms with van der Waals surface area (Å²) >= 11 is 0. The second kappa shape index (κ2) is 7.64. The van der Waals surface area contributed by atoms with Crippen molar-refractivity contribution in [2.45, 2.75) is 12.8 Å². The van der Waals surface area contributed by atoms with Crippen molar-refractivity contribution in [2.24, 2.45) is 5.92 Å². The first kappa shape index (κ1) is 18.0. The first-order valence-corrected chi connectivity index (χ1v) is 8.54. The fourth-order valence-corrected chi connectivity index (χ4v) is 3.19. The van der Waals surface area contributed by atoms with E-state index >= 15 is 0 Å². The number of carbonyl (C=O) groups excluding carboxylic acids is 2. The summed E-state index contributed by atoms with van der Waals surface area (Å²) in [5.41, 5.74) is 0.952. The lowest BCUT2D eigenvalue weighted by molar-refractivity contribution is -0.123. The highest BCUT2D eigenvalue weighted by atomic mass is 19.2. The minimum absolute atomic E-state index is 0.0242. The summed E-state index contributed by atoms with van der Waals surface area (Å²) in [7, 11) is 1.75. The van der Waals surface area contributed by atoms with Crippen molar-refractivity contribution in [3.05, 3.63) is 65.7 Å². The molecule has 0 bridgehead atoms. The molecule has 1 aliphatic rings.